The average Bonchev–Trinajstić information content (AvgIpc) is 2.68. The summed E-state index contributed by atoms with van der Waals surface area (Å²) in [6.07, 6.45) is 0. The Hall–Kier alpha value is -2.48. The molecule has 2 aromatic rings. The van der Waals surface area contributed by atoms with E-state index in [9.17, 15) is 9.18 Å². The van der Waals surface area contributed by atoms with Gasteiger partial charge in [0.05, 0.1) is 25.9 Å². The molecule has 7 heteroatoms. The summed E-state index contributed by atoms with van der Waals surface area (Å²) in [4.78, 5) is 14.3. The quantitative estimate of drug-likeness (QED) is 0.560. The Balaban J connectivity index is 1.85. The Bertz CT molecular complexity index is 770. The van der Waals surface area contributed by atoms with Crippen molar-refractivity contribution in [2.45, 2.75) is 19.6 Å². The molecular weight excluding hydrogens is 373 g/mol. The van der Waals surface area contributed by atoms with Gasteiger partial charge in [-0.1, -0.05) is 24.3 Å². The summed E-state index contributed by atoms with van der Waals surface area (Å²) in [5, 5.41) is 5.68. The van der Waals surface area contributed by atoms with Gasteiger partial charge in [-0.2, -0.15) is 0 Å². The van der Waals surface area contributed by atoms with E-state index in [2.05, 4.69) is 10.6 Å². The van der Waals surface area contributed by atoms with E-state index in [1.165, 1.54) is 12.1 Å². The molecule has 158 valence electrons. The zero-order valence-electron chi connectivity index (χ0n) is 17.3. The number of anilines is 1. The number of carbonyl (C=O) groups excluding carboxylic acids is 1. The minimum Gasteiger partial charge on any atom is -0.379 e. The SMILES string of the molecule is CCOCCOCc1cccc(NC(=O)NCC(c2cccc(F)c2)N(C)C)c1. The molecule has 2 N–H and O–H groups in total. The van der Waals surface area contributed by atoms with Crippen LogP contribution in [0.4, 0.5) is 14.9 Å². The number of likely N-dealkylation sites (N-methyl/N-ethyl adjacent to an activating group) is 1. The maximum atomic E-state index is 13.5. The summed E-state index contributed by atoms with van der Waals surface area (Å²) in [7, 11) is 3.79. The van der Waals surface area contributed by atoms with E-state index in [-0.39, 0.29) is 17.9 Å². The second kappa shape index (κ2) is 12.2. The summed E-state index contributed by atoms with van der Waals surface area (Å²) in [5.41, 5.74) is 2.45. The van der Waals surface area contributed by atoms with Crippen molar-refractivity contribution >= 4 is 11.7 Å². The van der Waals surface area contributed by atoms with Crippen molar-refractivity contribution in [1.82, 2.24) is 10.2 Å². The molecule has 2 amide bonds. The maximum Gasteiger partial charge on any atom is 0.319 e. The van der Waals surface area contributed by atoms with E-state index >= 15 is 0 Å². The Morgan fingerprint density at radius 2 is 1.86 bits per heavy atom. The van der Waals surface area contributed by atoms with E-state index in [0.29, 0.717) is 38.7 Å². The molecule has 0 aliphatic heterocycles. The molecule has 2 rings (SSSR count). The van der Waals surface area contributed by atoms with Gasteiger partial charge in [-0.05, 0) is 56.4 Å². The van der Waals surface area contributed by atoms with Crippen LogP contribution in [0.3, 0.4) is 0 Å². The molecule has 1 unspecified atom stereocenters. The molecule has 0 saturated carbocycles. The third kappa shape index (κ3) is 8.19. The van der Waals surface area contributed by atoms with E-state index in [4.69, 9.17) is 9.47 Å². The van der Waals surface area contributed by atoms with Crippen molar-refractivity contribution in [3.63, 3.8) is 0 Å². The zero-order valence-corrected chi connectivity index (χ0v) is 17.3. The molecule has 0 spiro atoms. The first-order valence-corrected chi connectivity index (χ1v) is 9.70. The monoisotopic (exact) mass is 403 g/mol. The Labute approximate surface area is 172 Å². The maximum absolute atomic E-state index is 13.5. The smallest absolute Gasteiger partial charge is 0.319 e. The number of carbonyl (C=O) groups is 1. The van der Waals surface area contributed by atoms with Crippen molar-refractivity contribution in [1.29, 1.82) is 0 Å². The van der Waals surface area contributed by atoms with Crippen LogP contribution in [0.25, 0.3) is 0 Å². The lowest BCUT2D eigenvalue weighted by Crippen LogP contribution is -2.36. The molecule has 6 nitrogen and oxygen atoms in total. The normalized spacial score (nSPS) is 12.0. The van der Waals surface area contributed by atoms with Gasteiger partial charge in [-0.25, -0.2) is 9.18 Å². The van der Waals surface area contributed by atoms with Crippen LogP contribution >= 0.6 is 0 Å². The largest absolute Gasteiger partial charge is 0.379 e. The van der Waals surface area contributed by atoms with E-state index in [0.717, 1.165) is 11.1 Å². The van der Waals surface area contributed by atoms with Crippen molar-refractivity contribution in [2.24, 2.45) is 0 Å². The van der Waals surface area contributed by atoms with Gasteiger partial charge in [0.15, 0.2) is 0 Å². The zero-order chi connectivity index (χ0) is 21.1. The van der Waals surface area contributed by atoms with Crippen LogP contribution in [-0.2, 0) is 16.1 Å². The Morgan fingerprint density at radius 1 is 1.10 bits per heavy atom. The van der Waals surface area contributed by atoms with Gasteiger partial charge >= 0.3 is 6.03 Å². The highest BCUT2D eigenvalue weighted by Gasteiger charge is 2.16. The lowest BCUT2D eigenvalue weighted by atomic mass is 10.1. The number of nitrogens with zero attached hydrogens (tertiary/aromatic N) is 1. The first kappa shape index (κ1) is 22.8. The fraction of sp³-hybridized carbons (Fsp3) is 0.409. The lowest BCUT2D eigenvalue weighted by molar-refractivity contribution is 0.0453. The number of rotatable bonds is 11. The molecule has 2 aromatic carbocycles. The molecule has 0 fully saturated rings. The molecule has 29 heavy (non-hydrogen) atoms. The molecular formula is C22H30FN3O3. The van der Waals surface area contributed by atoms with Gasteiger partial charge in [-0.3, -0.25) is 0 Å². The van der Waals surface area contributed by atoms with Crippen LogP contribution in [0.1, 0.15) is 24.1 Å². The molecule has 0 saturated heterocycles. The average molecular weight is 403 g/mol. The van der Waals surface area contributed by atoms with Crippen LogP contribution in [0.5, 0.6) is 0 Å². The van der Waals surface area contributed by atoms with Crippen molar-refractivity contribution in [3.05, 3.63) is 65.5 Å². The fourth-order valence-electron chi connectivity index (χ4n) is 2.87. The number of amides is 2. The number of urea groups is 1. The molecule has 0 aliphatic rings. The van der Waals surface area contributed by atoms with Gasteiger partial charge < -0.3 is 25.0 Å². The second-order valence-corrected chi connectivity index (χ2v) is 6.82. The topological polar surface area (TPSA) is 62.8 Å². The number of ether oxygens (including phenoxy) is 2. The molecule has 0 radical (unpaired) electrons. The number of nitrogens with one attached hydrogen (secondary N) is 2. The third-order valence-electron chi connectivity index (χ3n) is 4.34. The summed E-state index contributed by atoms with van der Waals surface area (Å²) in [5.74, 6) is -0.293. The predicted molar refractivity (Wildman–Crippen MR) is 112 cm³/mol. The fourth-order valence-corrected chi connectivity index (χ4v) is 2.87. The van der Waals surface area contributed by atoms with Crippen LogP contribution < -0.4 is 10.6 Å². The first-order chi connectivity index (χ1) is 14.0. The van der Waals surface area contributed by atoms with Gasteiger partial charge in [0, 0.05) is 18.8 Å². The number of halogens is 1. The van der Waals surface area contributed by atoms with Crippen LogP contribution in [0, 0.1) is 5.82 Å². The highest BCUT2D eigenvalue weighted by atomic mass is 19.1. The summed E-state index contributed by atoms with van der Waals surface area (Å²) in [6.45, 7) is 4.51. The van der Waals surface area contributed by atoms with Gasteiger partial charge in [0.25, 0.3) is 0 Å². The van der Waals surface area contributed by atoms with Gasteiger partial charge in [0.2, 0.25) is 0 Å². The minimum absolute atomic E-state index is 0.137. The second-order valence-electron chi connectivity index (χ2n) is 6.82. The molecule has 1 atom stereocenters. The van der Waals surface area contributed by atoms with Crippen molar-refractivity contribution in [3.8, 4) is 0 Å². The van der Waals surface area contributed by atoms with Crippen molar-refractivity contribution in [2.75, 3.05) is 45.8 Å². The Kier molecular flexibility index (Phi) is 9.56. The summed E-state index contributed by atoms with van der Waals surface area (Å²) < 4.78 is 24.3. The Morgan fingerprint density at radius 3 is 2.59 bits per heavy atom. The number of hydrogen-bond acceptors (Lipinski definition) is 4. The first-order valence-electron chi connectivity index (χ1n) is 9.70. The highest BCUT2D eigenvalue weighted by Crippen LogP contribution is 2.18. The van der Waals surface area contributed by atoms with Crippen LogP contribution in [-0.4, -0.2) is 51.4 Å². The number of benzene rings is 2. The minimum atomic E-state index is -0.317. The predicted octanol–water partition coefficient (Wildman–Crippen LogP) is 3.80. The molecule has 0 aromatic heterocycles. The third-order valence-corrected chi connectivity index (χ3v) is 4.34. The van der Waals surface area contributed by atoms with Crippen LogP contribution in [0.15, 0.2) is 48.5 Å². The van der Waals surface area contributed by atoms with Gasteiger partial charge in [-0.15, -0.1) is 0 Å². The van der Waals surface area contributed by atoms with Crippen LogP contribution in [0.2, 0.25) is 0 Å². The summed E-state index contributed by atoms with van der Waals surface area (Å²) in [6, 6.07) is 13.5. The lowest BCUT2D eigenvalue weighted by Gasteiger charge is -2.25. The summed E-state index contributed by atoms with van der Waals surface area (Å²) >= 11 is 0. The van der Waals surface area contributed by atoms with Gasteiger partial charge in [0.1, 0.15) is 5.82 Å². The van der Waals surface area contributed by atoms with E-state index in [1.54, 1.807) is 6.07 Å². The molecule has 0 bridgehead atoms. The highest BCUT2D eigenvalue weighted by molar-refractivity contribution is 5.89. The van der Waals surface area contributed by atoms with E-state index in [1.807, 2.05) is 56.3 Å². The standard InChI is InChI=1S/C22H30FN3O3/c1-4-28-11-12-29-16-17-7-5-10-20(13-17)25-22(27)24-15-21(26(2)3)18-8-6-9-19(23)14-18/h5-10,13-14,21H,4,11-12,15-16H2,1-3H3,(H2,24,25,27). The molecule has 0 aliphatic carbocycles. The molecule has 0 heterocycles. The van der Waals surface area contributed by atoms with E-state index < -0.39 is 0 Å². The number of hydrogen-bond donors (Lipinski definition) is 2. The van der Waals surface area contributed by atoms with Crippen molar-refractivity contribution < 1.29 is 18.7 Å².